The summed E-state index contributed by atoms with van der Waals surface area (Å²) in [6, 6.07) is 5.15. The van der Waals surface area contributed by atoms with E-state index in [2.05, 4.69) is 0 Å². The van der Waals surface area contributed by atoms with Crippen molar-refractivity contribution in [1.82, 2.24) is 0 Å². The maximum absolute atomic E-state index is 10.6. The second-order valence-corrected chi connectivity index (χ2v) is 3.42. The van der Waals surface area contributed by atoms with Gasteiger partial charge in [-0.05, 0) is 17.2 Å². The molecule has 0 bridgehead atoms. The van der Waals surface area contributed by atoms with E-state index in [0.29, 0.717) is 22.4 Å². The molecule has 0 fully saturated rings. The normalized spacial score (nSPS) is 9.56. The van der Waals surface area contributed by atoms with Gasteiger partial charge in [0.25, 0.3) is 0 Å². The van der Waals surface area contributed by atoms with Crippen molar-refractivity contribution in [3.8, 4) is 11.8 Å². The summed E-state index contributed by atoms with van der Waals surface area (Å²) in [6.45, 7) is 0. The zero-order chi connectivity index (χ0) is 12.1. The first-order valence-corrected chi connectivity index (χ1v) is 5.03. The van der Waals surface area contributed by atoms with Gasteiger partial charge in [-0.15, -0.1) is 11.6 Å². The van der Waals surface area contributed by atoms with Gasteiger partial charge < -0.3 is 9.84 Å². The Kier molecular flexibility index (Phi) is 4.15. The van der Waals surface area contributed by atoms with E-state index in [4.69, 9.17) is 26.7 Å². The Hall–Kier alpha value is -1.73. The molecule has 0 saturated heterocycles. The third-order valence-corrected chi connectivity index (χ3v) is 2.36. The van der Waals surface area contributed by atoms with Crippen LogP contribution in [0, 0.1) is 11.3 Å². The molecule has 0 spiro atoms. The van der Waals surface area contributed by atoms with Crippen LogP contribution in [0.5, 0.6) is 5.75 Å². The number of nitrogens with zero attached hydrogens (tertiary/aromatic N) is 1. The fraction of sp³-hybridized carbons (Fsp3) is 0.273. The third-order valence-electron chi connectivity index (χ3n) is 2.07. The van der Waals surface area contributed by atoms with Gasteiger partial charge in [-0.2, -0.15) is 5.26 Å². The van der Waals surface area contributed by atoms with Crippen molar-refractivity contribution in [2.45, 2.75) is 12.3 Å². The quantitative estimate of drug-likeness (QED) is 0.815. The molecule has 0 aliphatic heterocycles. The Morgan fingerprint density at radius 2 is 2.31 bits per heavy atom. The number of carboxylic acids is 1. The maximum atomic E-state index is 10.6. The summed E-state index contributed by atoms with van der Waals surface area (Å²) in [5.74, 6) is -0.434. The number of hydrogen-bond donors (Lipinski definition) is 1. The number of carbonyl (C=O) groups is 1. The molecule has 1 N–H and O–H groups in total. The van der Waals surface area contributed by atoms with Gasteiger partial charge in [0.2, 0.25) is 0 Å². The van der Waals surface area contributed by atoms with Gasteiger partial charge in [-0.1, -0.05) is 6.07 Å². The number of aliphatic carboxylic acids is 1. The summed E-state index contributed by atoms with van der Waals surface area (Å²) in [5.41, 5.74) is 1.51. The van der Waals surface area contributed by atoms with Gasteiger partial charge in [0.05, 0.1) is 19.1 Å². The molecule has 0 radical (unpaired) electrons. The Morgan fingerprint density at radius 3 is 2.75 bits per heavy atom. The minimum Gasteiger partial charge on any atom is -0.495 e. The molecule has 0 aromatic heterocycles. The second-order valence-electron chi connectivity index (χ2n) is 3.15. The molecule has 5 heteroatoms. The van der Waals surface area contributed by atoms with Crippen molar-refractivity contribution in [2.75, 3.05) is 7.11 Å². The van der Waals surface area contributed by atoms with Crippen molar-refractivity contribution in [2.24, 2.45) is 0 Å². The van der Waals surface area contributed by atoms with Crippen molar-refractivity contribution in [3.05, 3.63) is 28.8 Å². The smallest absolute Gasteiger partial charge is 0.307 e. The number of nitriles is 1. The molecule has 0 amide bonds. The zero-order valence-corrected chi connectivity index (χ0v) is 9.41. The summed E-state index contributed by atoms with van der Waals surface area (Å²) in [7, 11) is 1.43. The molecule has 84 valence electrons. The Labute approximate surface area is 98.0 Å². The van der Waals surface area contributed by atoms with Crippen LogP contribution in [0.3, 0.4) is 0 Å². The van der Waals surface area contributed by atoms with E-state index in [1.807, 2.05) is 6.07 Å². The van der Waals surface area contributed by atoms with E-state index < -0.39 is 5.97 Å². The van der Waals surface area contributed by atoms with Crippen LogP contribution in [-0.2, 0) is 17.1 Å². The van der Waals surface area contributed by atoms with Crippen LogP contribution in [0.2, 0.25) is 0 Å². The third kappa shape index (κ3) is 2.65. The van der Waals surface area contributed by atoms with E-state index in [1.165, 1.54) is 7.11 Å². The van der Waals surface area contributed by atoms with E-state index in [9.17, 15) is 4.79 Å². The molecule has 1 aromatic rings. The highest BCUT2D eigenvalue weighted by Gasteiger charge is 2.12. The predicted molar refractivity (Wildman–Crippen MR) is 58.6 cm³/mol. The molecule has 1 aromatic carbocycles. The van der Waals surface area contributed by atoms with Crippen molar-refractivity contribution in [1.29, 1.82) is 5.26 Å². The Balaban J connectivity index is 3.27. The van der Waals surface area contributed by atoms with Gasteiger partial charge in [-0.3, -0.25) is 4.79 Å². The highest BCUT2D eigenvalue weighted by Crippen LogP contribution is 2.25. The minimum atomic E-state index is -0.938. The van der Waals surface area contributed by atoms with E-state index in [-0.39, 0.29) is 12.3 Å². The monoisotopic (exact) mass is 239 g/mol. The molecule has 0 saturated carbocycles. The molecule has 0 aliphatic rings. The van der Waals surface area contributed by atoms with Gasteiger partial charge >= 0.3 is 5.97 Å². The molecule has 0 heterocycles. The van der Waals surface area contributed by atoms with Gasteiger partial charge in [0.15, 0.2) is 0 Å². The summed E-state index contributed by atoms with van der Waals surface area (Å²) in [4.78, 5) is 10.6. The molecule has 1 rings (SSSR count). The first kappa shape index (κ1) is 12.3. The highest BCUT2D eigenvalue weighted by atomic mass is 35.5. The maximum Gasteiger partial charge on any atom is 0.307 e. The van der Waals surface area contributed by atoms with E-state index in [1.54, 1.807) is 12.1 Å². The van der Waals surface area contributed by atoms with Crippen molar-refractivity contribution < 1.29 is 14.6 Å². The fourth-order valence-corrected chi connectivity index (χ4v) is 1.62. The number of ether oxygens (including phenoxy) is 1. The topological polar surface area (TPSA) is 70.3 Å². The Bertz CT molecular complexity index is 426. The molecule has 0 atom stereocenters. The summed E-state index contributed by atoms with van der Waals surface area (Å²) >= 11 is 5.69. The van der Waals surface area contributed by atoms with Crippen LogP contribution in [0.25, 0.3) is 0 Å². The molecular weight excluding hydrogens is 230 g/mol. The number of halogens is 1. The summed E-state index contributed by atoms with van der Waals surface area (Å²) < 4.78 is 5.03. The SMILES string of the molecule is COc1cc(CC(=O)O)cc(CCl)c1C#N. The number of alkyl halides is 1. The number of methoxy groups -OCH3 is 1. The second kappa shape index (κ2) is 5.38. The van der Waals surface area contributed by atoms with Gasteiger partial charge in [-0.25, -0.2) is 0 Å². The highest BCUT2D eigenvalue weighted by molar-refractivity contribution is 6.17. The number of hydrogen-bond acceptors (Lipinski definition) is 3. The molecule has 0 unspecified atom stereocenters. The lowest BCUT2D eigenvalue weighted by Crippen LogP contribution is -2.03. The molecule has 0 aliphatic carbocycles. The van der Waals surface area contributed by atoms with Crippen LogP contribution in [0.1, 0.15) is 16.7 Å². The first-order chi connectivity index (χ1) is 7.62. The lowest BCUT2D eigenvalue weighted by Gasteiger charge is -2.09. The van der Waals surface area contributed by atoms with Crippen LogP contribution < -0.4 is 4.74 Å². The predicted octanol–water partition coefficient (Wildman–Crippen LogP) is 1.93. The van der Waals surface area contributed by atoms with Crippen LogP contribution in [0.15, 0.2) is 12.1 Å². The van der Waals surface area contributed by atoms with Gasteiger partial charge in [0.1, 0.15) is 11.8 Å². The number of benzene rings is 1. The van der Waals surface area contributed by atoms with E-state index >= 15 is 0 Å². The largest absolute Gasteiger partial charge is 0.495 e. The van der Waals surface area contributed by atoms with Crippen LogP contribution in [-0.4, -0.2) is 18.2 Å². The molecule has 16 heavy (non-hydrogen) atoms. The summed E-state index contributed by atoms with van der Waals surface area (Å²) in [5, 5.41) is 17.6. The van der Waals surface area contributed by atoms with Crippen LogP contribution >= 0.6 is 11.6 Å². The standard InChI is InChI=1S/C11H10ClNO3/c1-16-10-3-7(4-11(14)15)2-8(5-12)9(10)6-13/h2-3H,4-5H2,1H3,(H,14,15). The lowest BCUT2D eigenvalue weighted by molar-refractivity contribution is -0.136. The van der Waals surface area contributed by atoms with Crippen molar-refractivity contribution in [3.63, 3.8) is 0 Å². The van der Waals surface area contributed by atoms with Crippen molar-refractivity contribution >= 4 is 17.6 Å². The average Bonchev–Trinajstić information content (AvgIpc) is 2.26. The van der Waals surface area contributed by atoms with Crippen LogP contribution in [0.4, 0.5) is 0 Å². The number of carboxylic acid groups (broad SMARTS) is 1. The fourth-order valence-electron chi connectivity index (χ4n) is 1.41. The Morgan fingerprint density at radius 1 is 1.62 bits per heavy atom. The summed E-state index contributed by atoms with van der Waals surface area (Å²) in [6.07, 6.45) is -0.119. The number of rotatable bonds is 4. The molecular formula is C11H10ClNO3. The van der Waals surface area contributed by atoms with Gasteiger partial charge in [0, 0.05) is 5.88 Å². The minimum absolute atomic E-state index is 0.119. The lowest BCUT2D eigenvalue weighted by atomic mass is 10.0. The van der Waals surface area contributed by atoms with E-state index in [0.717, 1.165) is 0 Å². The first-order valence-electron chi connectivity index (χ1n) is 4.50. The average molecular weight is 240 g/mol. The molecule has 4 nitrogen and oxygen atoms in total. The zero-order valence-electron chi connectivity index (χ0n) is 8.66.